The molecule has 4 rings (SSSR count). The van der Waals surface area contributed by atoms with Crippen molar-refractivity contribution in [1.82, 2.24) is 24.3 Å². The molecule has 8 nitrogen and oxygen atoms in total. The van der Waals surface area contributed by atoms with Gasteiger partial charge in [0.25, 0.3) is 5.56 Å². The van der Waals surface area contributed by atoms with Crippen LogP contribution in [-0.2, 0) is 7.05 Å². The molecule has 0 saturated heterocycles. The summed E-state index contributed by atoms with van der Waals surface area (Å²) < 4.78 is 8.21. The fourth-order valence-corrected chi connectivity index (χ4v) is 2.89. The zero-order valence-corrected chi connectivity index (χ0v) is 14.2. The molecule has 0 saturated carbocycles. The van der Waals surface area contributed by atoms with Crippen LogP contribution in [0.4, 0.5) is 5.82 Å². The summed E-state index contributed by atoms with van der Waals surface area (Å²) in [5.41, 5.74) is 7.44. The van der Waals surface area contributed by atoms with E-state index in [0.29, 0.717) is 28.5 Å². The van der Waals surface area contributed by atoms with E-state index < -0.39 is 0 Å². The first-order valence-electron chi connectivity index (χ1n) is 7.90. The minimum atomic E-state index is -0.287. The van der Waals surface area contributed by atoms with Gasteiger partial charge in [-0.05, 0) is 36.4 Å². The second-order valence-electron chi connectivity index (χ2n) is 5.72. The van der Waals surface area contributed by atoms with Crippen molar-refractivity contribution in [1.29, 1.82) is 0 Å². The Morgan fingerprint density at radius 2 is 1.92 bits per heavy atom. The van der Waals surface area contributed by atoms with Gasteiger partial charge in [0.2, 0.25) is 0 Å². The Morgan fingerprint density at radius 1 is 1.15 bits per heavy atom. The van der Waals surface area contributed by atoms with Crippen LogP contribution in [0, 0.1) is 0 Å². The summed E-state index contributed by atoms with van der Waals surface area (Å²) in [5.74, 6) is 1.31. The maximum atomic E-state index is 13.2. The fourth-order valence-electron chi connectivity index (χ4n) is 2.89. The molecular formula is C18H16N6O2. The van der Waals surface area contributed by atoms with E-state index in [1.807, 2.05) is 6.07 Å². The van der Waals surface area contributed by atoms with Crippen LogP contribution in [-0.4, -0.2) is 31.4 Å². The minimum Gasteiger partial charge on any atom is -0.497 e. The normalized spacial score (nSPS) is 11.0. The number of nitrogens with two attached hydrogens (primary N) is 1. The van der Waals surface area contributed by atoms with Gasteiger partial charge >= 0.3 is 0 Å². The lowest BCUT2D eigenvalue weighted by Gasteiger charge is -2.13. The van der Waals surface area contributed by atoms with Gasteiger partial charge in [0.15, 0.2) is 17.3 Å². The van der Waals surface area contributed by atoms with Gasteiger partial charge in [0.05, 0.1) is 12.8 Å². The van der Waals surface area contributed by atoms with Crippen LogP contribution < -0.4 is 16.0 Å². The maximum Gasteiger partial charge on any atom is 0.271 e. The van der Waals surface area contributed by atoms with Gasteiger partial charge in [-0.1, -0.05) is 0 Å². The summed E-state index contributed by atoms with van der Waals surface area (Å²) >= 11 is 0. The van der Waals surface area contributed by atoms with Crippen LogP contribution in [0.1, 0.15) is 0 Å². The first kappa shape index (κ1) is 15.8. The highest BCUT2D eigenvalue weighted by Crippen LogP contribution is 2.24. The van der Waals surface area contributed by atoms with Gasteiger partial charge in [0.1, 0.15) is 11.1 Å². The summed E-state index contributed by atoms with van der Waals surface area (Å²) in [7, 11) is 3.29. The van der Waals surface area contributed by atoms with Gasteiger partial charge in [0, 0.05) is 25.0 Å². The van der Waals surface area contributed by atoms with Crippen LogP contribution in [0.5, 0.6) is 5.75 Å². The number of rotatable bonds is 3. The van der Waals surface area contributed by atoms with E-state index in [-0.39, 0.29) is 16.8 Å². The van der Waals surface area contributed by atoms with Crippen LogP contribution in [0.15, 0.2) is 53.6 Å². The Balaban J connectivity index is 2.10. The highest BCUT2D eigenvalue weighted by Gasteiger charge is 2.19. The molecule has 0 bridgehead atoms. The predicted octanol–water partition coefficient (Wildman–Crippen LogP) is 1.77. The molecule has 0 radical (unpaired) electrons. The molecule has 1 aromatic carbocycles. The molecule has 3 aromatic heterocycles. The summed E-state index contributed by atoms with van der Waals surface area (Å²) in [6.07, 6.45) is 3.33. The number of aryl methyl sites for hydroxylation is 1. The number of nitrogen functional groups attached to an aromatic ring is 1. The third kappa shape index (κ3) is 2.39. The van der Waals surface area contributed by atoms with Gasteiger partial charge < -0.3 is 10.5 Å². The van der Waals surface area contributed by atoms with Gasteiger partial charge in [-0.25, -0.2) is 9.67 Å². The van der Waals surface area contributed by atoms with E-state index in [4.69, 9.17) is 10.5 Å². The largest absolute Gasteiger partial charge is 0.497 e. The van der Waals surface area contributed by atoms with E-state index >= 15 is 0 Å². The molecule has 0 unspecified atom stereocenters. The lowest BCUT2D eigenvalue weighted by molar-refractivity contribution is 0.414. The van der Waals surface area contributed by atoms with Crippen molar-refractivity contribution in [3.8, 4) is 22.8 Å². The number of nitrogens with zero attached hydrogens (tertiary/aromatic N) is 5. The number of aromatic nitrogens is 5. The molecule has 0 aliphatic heterocycles. The Labute approximate surface area is 148 Å². The van der Waals surface area contributed by atoms with E-state index in [1.165, 1.54) is 9.25 Å². The smallest absolute Gasteiger partial charge is 0.271 e. The number of hydrogen-bond donors (Lipinski definition) is 1. The number of benzene rings is 1. The van der Waals surface area contributed by atoms with Crippen molar-refractivity contribution in [2.24, 2.45) is 7.05 Å². The molecule has 0 spiro atoms. The van der Waals surface area contributed by atoms with Gasteiger partial charge in [-0.3, -0.25) is 14.3 Å². The summed E-state index contributed by atoms with van der Waals surface area (Å²) in [5, 5.41) is 4.42. The van der Waals surface area contributed by atoms with Crippen LogP contribution in [0.2, 0.25) is 0 Å². The number of ether oxygens (including phenoxy) is 1. The quantitative estimate of drug-likeness (QED) is 0.605. The SMILES string of the molecule is COc1ccc(-n2c(-c3cccnc3)nc3c(c(N)nn3C)c2=O)cc1. The summed E-state index contributed by atoms with van der Waals surface area (Å²) in [6.45, 7) is 0. The van der Waals surface area contributed by atoms with Gasteiger partial charge in [-0.2, -0.15) is 5.10 Å². The molecule has 4 aromatic rings. The minimum absolute atomic E-state index is 0.153. The lowest BCUT2D eigenvalue weighted by Crippen LogP contribution is -2.22. The highest BCUT2D eigenvalue weighted by atomic mass is 16.5. The van der Waals surface area contributed by atoms with Crippen LogP contribution in [0.3, 0.4) is 0 Å². The van der Waals surface area contributed by atoms with Crippen molar-refractivity contribution < 1.29 is 4.74 Å². The van der Waals surface area contributed by atoms with E-state index in [9.17, 15) is 4.79 Å². The van der Waals surface area contributed by atoms with Crippen molar-refractivity contribution in [3.05, 3.63) is 59.1 Å². The Kier molecular flexibility index (Phi) is 3.65. The van der Waals surface area contributed by atoms with Crippen LogP contribution in [0.25, 0.3) is 28.1 Å². The molecule has 0 aliphatic carbocycles. The van der Waals surface area contributed by atoms with E-state index in [2.05, 4.69) is 15.1 Å². The zero-order valence-electron chi connectivity index (χ0n) is 14.2. The fraction of sp³-hybridized carbons (Fsp3) is 0.111. The Bertz CT molecular complexity index is 1150. The maximum absolute atomic E-state index is 13.2. The Hall–Kier alpha value is -3.68. The number of fused-ring (bicyclic) bond motifs is 1. The second kappa shape index (κ2) is 5.99. The molecule has 130 valence electrons. The zero-order chi connectivity index (χ0) is 18.3. The molecule has 3 heterocycles. The number of pyridine rings is 1. The standard InChI is InChI=1S/C18H16N6O2/c1-23-17-14(15(19)22-23)18(25)24(12-5-7-13(26-2)8-6-12)16(21-17)11-4-3-9-20-10-11/h3-10H,1-2H3,(H2,19,22). The molecule has 8 heteroatoms. The molecule has 0 fully saturated rings. The summed E-state index contributed by atoms with van der Waals surface area (Å²) in [6, 6.07) is 10.8. The van der Waals surface area contributed by atoms with E-state index in [0.717, 1.165) is 0 Å². The first-order chi connectivity index (χ1) is 12.6. The monoisotopic (exact) mass is 348 g/mol. The number of hydrogen-bond acceptors (Lipinski definition) is 6. The lowest BCUT2D eigenvalue weighted by atomic mass is 10.2. The van der Waals surface area contributed by atoms with Gasteiger partial charge in [-0.15, -0.1) is 0 Å². The average Bonchev–Trinajstić information content (AvgIpc) is 2.96. The number of methoxy groups -OCH3 is 1. The van der Waals surface area contributed by atoms with Crippen molar-refractivity contribution in [2.45, 2.75) is 0 Å². The highest BCUT2D eigenvalue weighted by molar-refractivity contribution is 5.87. The molecule has 0 aliphatic rings. The predicted molar refractivity (Wildman–Crippen MR) is 98.3 cm³/mol. The Morgan fingerprint density at radius 3 is 2.58 bits per heavy atom. The van der Waals surface area contributed by atoms with Crippen molar-refractivity contribution in [2.75, 3.05) is 12.8 Å². The first-order valence-corrected chi connectivity index (χ1v) is 7.90. The molecule has 0 amide bonds. The second-order valence-corrected chi connectivity index (χ2v) is 5.72. The van der Waals surface area contributed by atoms with E-state index in [1.54, 1.807) is 56.9 Å². The molecule has 2 N–H and O–H groups in total. The summed E-state index contributed by atoms with van der Waals surface area (Å²) in [4.78, 5) is 22.0. The topological polar surface area (TPSA) is 101 Å². The van der Waals surface area contributed by atoms with Crippen LogP contribution >= 0.6 is 0 Å². The molecule has 26 heavy (non-hydrogen) atoms. The third-order valence-electron chi connectivity index (χ3n) is 4.13. The van der Waals surface area contributed by atoms with Crippen molar-refractivity contribution in [3.63, 3.8) is 0 Å². The third-order valence-corrected chi connectivity index (χ3v) is 4.13. The van der Waals surface area contributed by atoms with Crippen molar-refractivity contribution >= 4 is 16.9 Å². The number of anilines is 1. The average molecular weight is 348 g/mol. The molecule has 0 atom stereocenters. The molecular weight excluding hydrogens is 332 g/mol.